The number of carboxylic acids is 1. The molecule has 0 radical (unpaired) electrons. The first-order chi connectivity index (χ1) is 10.4. The van der Waals surface area contributed by atoms with Crippen LogP contribution in [0.1, 0.15) is 42.6 Å². The van der Waals surface area contributed by atoms with Crippen LogP contribution in [0.15, 0.2) is 24.3 Å². The first-order valence-electron chi connectivity index (χ1n) is 7.67. The van der Waals surface area contributed by atoms with E-state index < -0.39 is 5.97 Å². The summed E-state index contributed by atoms with van der Waals surface area (Å²) in [7, 11) is 0. The SMILES string of the molecule is CCC1(C)CN(C(=O)CCc2ccc(C(=O)O)cc2)CCO1. The molecule has 0 aromatic heterocycles. The van der Waals surface area contributed by atoms with E-state index in [0.717, 1.165) is 12.0 Å². The first-order valence-corrected chi connectivity index (χ1v) is 7.67. The minimum atomic E-state index is -0.935. The fraction of sp³-hybridized carbons (Fsp3) is 0.529. The highest BCUT2D eigenvalue weighted by molar-refractivity contribution is 5.87. The van der Waals surface area contributed by atoms with Crippen molar-refractivity contribution in [1.82, 2.24) is 4.90 Å². The van der Waals surface area contributed by atoms with Crippen molar-refractivity contribution >= 4 is 11.9 Å². The van der Waals surface area contributed by atoms with Crippen LogP contribution in [-0.2, 0) is 16.0 Å². The van der Waals surface area contributed by atoms with Crippen molar-refractivity contribution in [3.63, 3.8) is 0 Å². The minimum absolute atomic E-state index is 0.130. The summed E-state index contributed by atoms with van der Waals surface area (Å²) in [5.74, 6) is -0.805. The lowest BCUT2D eigenvalue weighted by molar-refractivity contribution is -0.148. The van der Waals surface area contributed by atoms with Crippen molar-refractivity contribution < 1.29 is 19.4 Å². The molecule has 1 unspecified atom stereocenters. The molecule has 1 aliphatic rings. The second-order valence-electron chi connectivity index (χ2n) is 5.97. The number of rotatable bonds is 5. The van der Waals surface area contributed by atoms with Gasteiger partial charge in [-0.05, 0) is 37.5 Å². The summed E-state index contributed by atoms with van der Waals surface area (Å²) in [4.78, 5) is 25.0. The molecular weight excluding hydrogens is 282 g/mol. The molecule has 1 amide bonds. The number of aryl methyl sites for hydroxylation is 1. The van der Waals surface area contributed by atoms with Crippen molar-refractivity contribution in [3.8, 4) is 0 Å². The Balaban J connectivity index is 1.88. The number of aromatic carboxylic acids is 1. The maximum Gasteiger partial charge on any atom is 0.335 e. The van der Waals surface area contributed by atoms with Crippen LogP contribution in [0.5, 0.6) is 0 Å². The monoisotopic (exact) mass is 305 g/mol. The van der Waals surface area contributed by atoms with Gasteiger partial charge in [-0.3, -0.25) is 4.79 Å². The van der Waals surface area contributed by atoms with Crippen LogP contribution in [0.3, 0.4) is 0 Å². The van der Waals surface area contributed by atoms with E-state index in [4.69, 9.17) is 9.84 Å². The van der Waals surface area contributed by atoms with E-state index in [1.165, 1.54) is 0 Å². The molecule has 0 saturated carbocycles. The fourth-order valence-electron chi connectivity index (χ4n) is 2.58. The molecular formula is C17H23NO4. The van der Waals surface area contributed by atoms with Crippen LogP contribution in [0.2, 0.25) is 0 Å². The Bertz CT molecular complexity index is 540. The molecule has 5 heteroatoms. The summed E-state index contributed by atoms with van der Waals surface area (Å²) in [6.07, 6.45) is 1.94. The lowest BCUT2D eigenvalue weighted by atomic mass is 10.0. The Morgan fingerprint density at radius 3 is 2.59 bits per heavy atom. The molecule has 1 aromatic rings. The number of carboxylic acid groups (broad SMARTS) is 1. The Morgan fingerprint density at radius 1 is 1.32 bits per heavy atom. The molecule has 1 N–H and O–H groups in total. The van der Waals surface area contributed by atoms with Gasteiger partial charge >= 0.3 is 5.97 Å². The minimum Gasteiger partial charge on any atom is -0.478 e. The van der Waals surface area contributed by atoms with Gasteiger partial charge < -0.3 is 14.7 Å². The molecule has 0 spiro atoms. The van der Waals surface area contributed by atoms with Crippen LogP contribution >= 0.6 is 0 Å². The number of carbonyl (C=O) groups excluding carboxylic acids is 1. The number of hydrogen-bond acceptors (Lipinski definition) is 3. The number of hydrogen-bond donors (Lipinski definition) is 1. The average Bonchev–Trinajstić information content (AvgIpc) is 2.53. The van der Waals surface area contributed by atoms with Crippen LogP contribution < -0.4 is 0 Å². The van der Waals surface area contributed by atoms with Gasteiger partial charge in [0.2, 0.25) is 5.91 Å². The molecule has 22 heavy (non-hydrogen) atoms. The largest absolute Gasteiger partial charge is 0.478 e. The van der Waals surface area contributed by atoms with Gasteiger partial charge in [0.25, 0.3) is 0 Å². The van der Waals surface area contributed by atoms with Crippen LogP contribution in [-0.4, -0.2) is 47.2 Å². The van der Waals surface area contributed by atoms with Gasteiger partial charge in [0.1, 0.15) is 0 Å². The van der Waals surface area contributed by atoms with Gasteiger partial charge in [-0.25, -0.2) is 4.79 Å². The second kappa shape index (κ2) is 6.92. The summed E-state index contributed by atoms with van der Waals surface area (Å²) >= 11 is 0. The first kappa shape index (κ1) is 16.5. The third kappa shape index (κ3) is 4.07. The zero-order chi connectivity index (χ0) is 16.2. The van der Waals surface area contributed by atoms with Gasteiger partial charge in [-0.15, -0.1) is 0 Å². The molecule has 1 atom stereocenters. The number of carbonyl (C=O) groups is 2. The molecule has 1 aliphatic heterocycles. The quantitative estimate of drug-likeness (QED) is 0.906. The molecule has 2 rings (SSSR count). The summed E-state index contributed by atoms with van der Waals surface area (Å²) in [6.45, 7) is 5.98. The summed E-state index contributed by atoms with van der Waals surface area (Å²) in [5.41, 5.74) is 1.00. The maximum absolute atomic E-state index is 12.3. The molecule has 120 valence electrons. The Labute approximate surface area is 130 Å². The molecule has 0 bridgehead atoms. The van der Waals surface area contributed by atoms with Gasteiger partial charge in [0.15, 0.2) is 0 Å². The zero-order valence-electron chi connectivity index (χ0n) is 13.2. The topological polar surface area (TPSA) is 66.8 Å². The van der Waals surface area contributed by atoms with E-state index in [2.05, 4.69) is 6.92 Å². The van der Waals surface area contributed by atoms with E-state index in [0.29, 0.717) is 32.5 Å². The van der Waals surface area contributed by atoms with Crippen LogP contribution in [0, 0.1) is 0 Å². The highest BCUT2D eigenvalue weighted by atomic mass is 16.5. The van der Waals surface area contributed by atoms with Gasteiger partial charge in [0, 0.05) is 19.5 Å². The molecule has 5 nitrogen and oxygen atoms in total. The number of amides is 1. The number of morpholine rings is 1. The molecule has 1 heterocycles. The number of benzene rings is 1. The lowest BCUT2D eigenvalue weighted by Gasteiger charge is -2.40. The Kier molecular flexibility index (Phi) is 5.19. The molecule has 0 aliphatic carbocycles. The third-order valence-corrected chi connectivity index (χ3v) is 4.27. The lowest BCUT2D eigenvalue weighted by Crippen LogP contribution is -2.51. The number of nitrogens with zero attached hydrogens (tertiary/aromatic N) is 1. The van der Waals surface area contributed by atoms with Crippen LogP contribution in [0.4, 0.5) is 0 Å². The smallest absolute Gasteiger partial charge is 0.335 e. The highest BCUT2D eigenvalue weighted by Crippen LogP contribution is 2.21. The van der Waals surface area contributed by atoms with Crippen molar-refractivity contribution in [1.29, 1.82) is 0 Å². The van der Waals surface area contributed by atoms with E-state index in [9.17, 15) is 9.59 Å². The molecule has 1 fully saturated rings. The highest BCUT2D eigenvalue weighted by Gasteiger charge is 2.32. The normalized spacial score (nSPS) is 21.6. The van der Waals surface area contributed by atoms with Crippen molar-refractivity contribution in [2.75, 3.05) is 19.7 Å². The maximum atomic E-state index is 12.3. The standard InChI is InChI=1S/C17H23NO4/c1-3-17(2)12-18(10-11-22-17)15(19)9-6-13-4-7-14(8-5-13)16(20)21/h4-5,7-8H,3,6,9-12H2,1-2H3,(H,20,21). The number of ether oxygens (including phenoxy) is 1. The Hall–Kier alpha value is -1.88. The predicted octanol–water partition coefficient (Wildman–Crippen LogP) is 2.34. The van der Waals surface area contributed by atoms with Crippen molar-refractivity contribution in [2.45, 2.75) is 38.7 Å². The van der Waals surface area contributed by atoms with E-state index in [1.807, 2.05) is 11.8 Å². The average molecular weight is 305 g/mol. The van der Waals surface area contributed by atoms with E-state index >= 15 is 0 Å². The van der Waals surface area contributed by atoms with Crippen molar-refractivity contribution in [2.24, 2.45) is 0 Å². The van der Waals surface area contributed by atoms with Crippen molar-refractivity contribution in [3.05, 3.63) is 35.4 Å². The summed E-state index contributed by atoms with van der Waals surface area (Å²) in [5, 5.41) is 8.86. The summed E-state index contributed by atoms with van der Waals surface area (Å²) < 4.78 is 5.74. The summed E-state index contributed by atoms with van der Waals surface area (Å²) in [6, 6.07) is 6.69. The van der Waals surface area contributed by atoms with E-state index in [1.54, 1.807) is 24.3 Å². The van der Waals surface area contributed by atoms with Gasteiger partial charge in [-0.1, -0.05) is 19.1 Å². The van der Waals surface area contributed by atoms with Gasteiger partial charge in [-0.2, -0.15) is 0 Å². The second-order valence-corrected chi connectivity index (χ2v) is 5.97. The van der Waals surface area contributed by atoms with Gasteiger partial charge in [0.05, 0.1) is 17.8 Å². The zero-order valence-corrected chi connectivity index (χ0v) is 13.2. The predicted molar refractivity (Wildman–Crippen MR) is 83.0 cm³/mol. The molecule has 1 saturated heterocycles. The Morgan fingerprint density at radius 2 is 2.00 bits per heavy atom. The van der Waals surface area contributed by atoms with Crippen LogP contribution in [0.25, 0.3) is 0 Å². The fourth-order valence-corrected chi connectivity index (χ4v) is 2.58. The molecule has 1 aromatic carbocycles. The van der Waals surface area contributed by atoms with E-state index in [-0.39, 0.29) is 17.1 Å². The third-order valence-electron chi connectivity index (χ3n) is 4.27.